The van der Waals surface area contributed by atoms with E-state index in [1.807, 2.05) is 39.2 Å². The molecule has 0 aliphatic heterocycles. The minimum Gasteiger partial charge on any atom is -0.369 e. The van der Waals surface area contributed by atoms with Crippen LogP contribution in [0.4, 0.5) is 19.0 Å². The number of alkyl halides is 3. The molecule has 0 fully saturated rings. The lowest BCUT2D eigenvalue weighted by Gasteiger charge is -2.14. The zero-order chi connectivity index (χ0) is 20.3. The lowest BCUT2D eigenvalue weighted by molar-refractivity contribution is -0.137. The number of hydrogen-bond acceptors (Lipinski definition) is 4. The van der Waals surface area contributed by atoms with E-state index in [2.05, 4.69) is 20.2 Å². The fraction of sp³-hybridized carbons (Fsp3) is 0.333. The van der Waals surface area contributed by atoms with Gasteiger partial charge in [-0.1, -0.05) is 24.3 Å². The summed E-state index contributed by atoms with van der Waals surface area (Å²) in [4.78, 5) is 11.2. The summed E-state index contributed by atoms with van der Waals surface area (Å²) in [5.41, 5.74) is 1.32. The second kappa shape index (κ2) is 8.14. The Morgan fingerprint density at radius 2 is 1.79 bits per heavy atom. The summed E-state index contributed by atoms with van der Waals surface area (Å²) in [5, 5.41) is 4.19. The summed E-state index contributed by atoms with van der Waals surface area (Å²) in [6, 6.07) is 10.9. The zero-order valence-electron chi connectivity index (χ0n) is 16.1. The molecule has 4 nitrogen and oxygen atoms in total. The Bertz CT molecular complexity index is 968. The lowest BCUT2D eigenvalue weighted by atomic mass is 10.1. The van der Waals surface area contributed by atoms with Crippen molar-refractivity contribution < 1.29 is 13.2 Å². The Morgan fingerprint density at radius 3 is 2.50 bits per heavy atom. The maximum Gasteiger partial charge on any atom is 0.416 e. The van der Waals surface area contributed by atoms with E-state index in [-0.39, 0.29) is 5.82 Å². The largest absolute Gasteiger partial charge is 0.416 e. The average Bonchev–Trinajstić information content (AvgIpc) is 2.65. The molecule has 3 rings (SSSR count). The molecule has 0 spiro atoms. The molecular formula is C21H23F3N4. The lowest BCUT2D eigenvalue weighted by Crippen LogP contribution is -2.17. The van der Waals surface area contributed by atoms with Gasteiger partial charge in [-0.25, -0.2) is 9.97 Å². The van der Waals surface area contributed by atoms with Gasteiger partial charge < -0.3 is 10.2 Å². The van der Waals surface area contributed by atoms with Crippen LogP contribution < -0.4 is 5.32 Å². The highest BCUT2D eigenvalue weighted by Crippen LogP contribution is 2.32. The molecule has 0 aliphatic carbocycles. The second-order valence-corrected chi connectivity index (χ2v) is 7.03. The number of nitrogens with zero attached hydrogens (tertiary/aromatic N) is 3. The van der Waals surface area contributed by atoms with E-state index < -0.39 is 11.7 Å². The Kier molecular flexibility index (Phi) is 5.84. The van der Waals surface area contributed by atoms with Crippen LogP contribution in [0.2, 0.25) is 0 Å². The van der Waals surface area contributed by atoms with E-state index in [1.165, 1.54) is 6.07 Å². The molecule has 7 heteroatoms. The van der Waals surface area contributed by atoms with Crippen molar-refractivity contribution in [1.82, 2.24) is 14.9 Å². The van der Waals surface area contributed by atoms with Gasteiger partial charge in [-0.05, 0) is 57.7 Å². The molecule has 0 radical (unpaired) electrons. The first-order chi connectivity index (χ1) is 13.3. The first-order valence-electron chi connectivity index (χ1n) is 9.09. The van der Waals surface area contributed by atoms with E-state index in [0.717, 1.165) is 41.6 Å². The number of hydrogen-bond donors (Lipinski definition) is 1. The molecule has 0 atom stereocenters. The molecule has 2 aromatic carbocycles. The first-order valence-corrected chi connectivity index (χ1v) is 9.09. The fourth-order valence-electron chi connectivity index (χ4n) is 3.00. The predicted octanol–water partition coefficient (Wildman–Crippen LogP) is 4.99. The van der Waals surface area contributed by atoms with Gasteiger partial charge in [0.25, 0.3) is 0 Å². The Morgan fingerprint density at radius 1 is 1.04 bits per heavy atom. The summed E-state index contributed by atoms with van der Waals surface area (Å²) in [6.07, 6.45) is -3.49. The minimum atomic E-state index is -4.41. The molecule has 0 saturated heterocycles. The van der Waals surface area contributed by atoms with Gasteiger partial charge in [-0.3, -0.25) is 0 Å². The van der Waals surface area contributed by atoms with Crippen LogP contribution in [0.1, 0.15) is 17.5 Å². The van der Waals surface area contributed by atoms with E-state index in [4.69, 9.17) is 0 Å². The molecule has 0 saturated carbocycles. The second-order valence-electron chi connectivity index (χ2n) is 7.03. The predicted molar refractivity (Wildman–Crippen MR) is 106 cm³/mol. The van der Waals surface area contributed by atoms with E-state index in [9.17, 15) is 13.2 Å². The van der Waals surface area contributed by atoms with E-state index >= 15 is 0 Å². The molecule has 0 aliphatic rings. The van der Waals surface area contributed by atoms with E-state index in [0.29, 0.717) is 17.9 Å². The Balaban J connectivity index is 2.03. The van der Waals surface area contributed by atoms with Crippen molar-refractivity contribution in [2.45, 2.75) is 19.5 Å². The monoisotopic (exact) mass is 388 g/mol. The molecule has 1 heterocycles. The Hall–Kier alpha value is -2.67. The molecule has 148 valence electrons. The SMILES string of the molecule is Cc1cccc2c(NCCCN(C)C)nc(-c3cccc(C(F)(F)F)c3)nc12. The summed E-state index contributed by atoms with van der Waals surface area (Å²) in [7, 11) is 4.02. The van der Waals surface area contributed by atoms with Gasteiger partial charge in [0.2, 0.25) is 0 Å². The van der Waals surface area contributed by atoms with Crippen molar-refractivity contribution in [1.29, 1.82) is 0 Å². The Labute approximate surface area is 162 Å². The van der Waals surface area contributed by atoms with Crippen LogP contribution in [0.15, 0.2) is 42.5 Å². The van der Waals surface area contributed by atoms with Crippen molar-refractivity contribution in [3.63, 3.8) is 0 Å². The number of rotatable bonds is 6. The summed E-state index contributed by atoms with van der Waals surface area (Å²) in [5.74, 6) is 0.919. The van der Waals surface area contributed by atoms with Crippen LogP contribution in [0.3, 0.4) is 0 Å². The molecule has 3 aromatic rings. The van der Waals surface area contributed by atoms with Gasteiger partial charge in [0, 0.05) is 17.5 Å². The van der Waals surface area contributed by atoms with Crippen LogP contribution in [-0.2, 0) is 6.18 Å². The van der Waals surface area contributed by atoms with Crippen molar-refractivity contribution in [2.24, 2.45) is 0 Å². The van der Waals surface area contributed by atoms with Crippen molar-refractivity contribution in [3.8, 4) is 11.4 Å². The van der Waals surface area contributed by atoms with Gasteiger partial charge >= 0.3 is 6.18 Å². The van der Waals surface area contributed by atoms with Crippen LogP contribution in [-0.4, -0.2) is 42.1 Å². The number of aryl methyl sites for hydroxylation is 1. The fourth-order valence-corrected chi connectivity index (χ4v) is 3.00. The number of nitrogens with one attached hydrogen (secondary N) is 1. The molecular weight excluding hydrogens is 365 g/mol. The normalized spacial score (nSPS) is 12.0. The zero-order valence-corrected chi connectivity index (χ0v) is 16.1. The van der Waals surface area contributed by atoms with Gasteiger partial charge in [0.05, 0.1) is 11.1 Å². The van der Waals surface area contributed by atoms with Crippen molar-refractivity contribution >= 4 is 16.7 Å². The molecule has 0 bridgehead atoms. The number of para-hydroxylation sites is 1. The molecule has 0 unspecified atom stereocenters. The number of anilines is 1. The van der Waals surface area contributed by atoms with Crippen LogP contribution >= 0.6 is 0 Å². The van der Waals surface area contributed by atoms with Gasteiger partial charge in [-0.2, -0.15) is 13.2 Å². The van der Waals surface area contributed by atoms with Crippen molar-refractivity contribution in [3.05, 3.63) is 53.6 Å². The smallest absolute Gasteiger partial charge is 0.369 e. The quantitative estimate of drug-likeness (QED) is 0.604. The number of benzene rings is 2. The number of aromatic nitrogens is 2. The first kappa shape index (κ1) is 20.1. The number of halogens is 3. The summed E-state index contributed by atoms with van der Waals surface area (Å²) in [6.45, 7) is 3.57. The summed E-state index contributed by atoms with van der Waals surface area (Å²) < 4.78 is 39.3. The highest BCUT2D eigenvalue weighted by molar-refractivity contribution is 5.92. The highest BCUT2D eigenvalue weighted by atomic mass is 19.4. The van der Waals surface area contributed by atoms with Gasteiger partial charge in [0.15, 0.2) is 5.82 Å². The highest BCUT2D eigenvalue weighted by Gasteiger charge is 2.30. The van der Waals surface area contributed by atoms with Gasteiger partial charge in [0.1, 0.15) is 5.82 Å². The van der Waals surface area contributed by atoms with Crippen LogP contribution in [0, 0.1) is 6.92 Å². The minimum absolute atomic E-state index is 0.281. The molecule has 1 N–H and O–H groups in total. The third-order valence-corrected chi connectivity index (χ3v) is 4.45. The molecule has 1 aromatic heterocycles. The van der Waals surface area contributed by atoms with Crippen LogP contribution in [0.25, 0.3) is 22.3 Å². The maximum atomic E-state index is 13.1. The topological polar surface area (TPSA) is 41.0 Å². The average molecular weight is 388 g/mol. The number of fused-ring (bicyclic) bond motifs is 1. The standard InChI is InChI=1S/C21H23F3N4/c1-14-7-4-10-17-18(14)26-19(27-20(17)25-11-6-12-28(2)3)15-8-5-9-16(13-15)21(22,23)24/h4-5,7-10,13H,6,11-12H2,1-3H3,(H,25,26,27). The third kappa shape index (κ3) is 4.59. The maximum absolute atomic E-state index is 13.1. The van der Waals surface area contributed by atoms with Gasteiger partial charge in [-0.15, -0.1) is 0 Å². The molecule has 0 amide bonds. The van der Waals surface area contributed by atoms with Crippen LogP contribution in [0.5, 0.6) is 0 Å². The third-order valence-electron chi connectivity index (χ3n) is 4.45. The molecule has 28 heavy (non-hydrogen) atoms. The van der Waals surface area contributed by atoms with E-state index in [1.54, 1.807) is 6.07 Å². The summed E-state index contributed by atoms with van der Waals surface area (Å²) >= 11 is 0. The van der Waals surface area contributed by atoms with Crippen molar-refractivity contribution in [2.75, 3.05) is 32.5 Å².